The summed E-state index contributed by atoms with van der Waals surface area (Å²) in [6.45, 7) is 2.32. The zero-order valence-electron chi connectivity index (χ0n) is 17.1. The molecule has 11 heteroatoms. The van der Waals surface area contributed by atoms with E-state index >= 15 is 0 Å². The number of aromatic amines is 1. The Balaban J connectivity index is 1.28. The standard InChI is InChI=1S/C20H24N6O4S/c27-16(4-3-11-31(28,29)26-8-1-2-9-26)18-15-12-25(10-6-17(15)30-24-18)20-14-5-7-21-19(14)22-13-23-20/h5,7,13H,1-4,6,8-12H2,(H,21,22,23). The van der Waals surface area contributed by atoms with Crippen LogP contribution in [0.1, 0.15) is 47.5 Å². The van der Waals surface area contributed by atoms with Crippen molar-refractivity contribution in [2.75, 3.05) is 30.3 Å². The topological polar surface area (TPSA) is 125 Å². The molecule has 164 valence electrons. The molecule has 0 unspecified atom stereocenters. The van der Waals surface area contributed by atoms with E-state index in [1.54, 1.807) is 0 Å². The van der Waals surface area contributed by atoms with Crippen LogP contribution in [0.3, 0.4) is 0 Å². The molecule has 1 fully saturated rings. The molecule has 10 nitrogen and oxygen atoms in total. The minimum absolute atomic E-state index is 0.0166. The number of rotatable bonds is 7. The van der Waals surface area contributed by atoms with Crippen LogP contribution in [0.4, 0.5) is 5.82 Å². The molecule has 0 bridgehead atoms. The van der Waals surface area contributed by atoms with Crippen molar-refractivity contribution in [3.63, 3.8) is 0 Å². The van der Waals surface area contributed by atoms with Gasteiger partial charge in [-0.15, -0.1) is 0 Å². The number of fused-ring (bicyclic) bond motifs is 2. The zero-order valence-corrected chi connectivity index (χ0v) is 17.9. The van der Waals surface area contributed by atoms with Gasteiger partial charge in [0.05, 0.1) is 17.7 Å². The minimum Gasteiger partial charge on any atom is -0.360 e. The van der Waals surface area contributed by atoms with E-state index in [0.29, 0.717) is 44.1 Å². The SMILES string of the molecule is O=C(CCCS(=O)(=O)N1CCCC1)c1noc2c1CN(c1ncnc3[nH]ccc13)CC2. The van der Waals surface area contributed by atoms with Crippen LogP contribution < -0.4 is 4.90 Å². The predicted molar refractivity (Wildman–Crippen MR) is 113 cm³/mol. The fraction of sp³-hybridized carbons (Fsp3) is 0.500. The summed E-state index contributed by atoms with van der Waals surface area (Å²) in [4.78, 5) is 26.7. The summed E-state index contributed by atoms with van der Waals surface area (Å²) in [5, 5.41) is 4.94. The second-order valence-corrected chi connectivity index (χ2v) is 10.1. The second-order valence-electron chi connectivity index (χ2n) is 7.99. The third-order valence-electron chi connectivity index (χ3n) is 5.99. The van der Waals surface area contributed by atoms with E-state index < -0.39 is 10.0 Å². The molecule has 0 aliphatic carbocycles. The van der Waals surface area contributed by atoms with Crippen molar-refractivity contribution >= 4 is 32.7 Å². The molecule has 0 atom stereocenters. The highest BCUT2D eigenvalue weighted by molar-refractivity contribution is 7.89. The summed E-state index contributed by atoms with van der Waals surface area (Å²) >= 11 is 0. The second kappa shape index (κ2) is 8.04. The summed E-state index contributed by atoms with van der Waals surface area (Å²) in [7, 11) is -3.29. The summed E-state index contributed by atoms with van der Waals surface area (Å²) in [5.41, 5.74) is 1.83. The van der Waals surface area contributed by atoms with E-state index in [0.717, 1.165) is 35.3 Å². The molecule has 0 radical (unpaired) electrons. The maximum Gasteiger partial charge on any atom is 0.214 e. The highest BCUT2D eigenvalue weighted by Crippen LogP contribution is 2.30. The van der Waals surface area contributed by atoms with E-state index in [9.17, 15) is 13.2 Å². The van der Waals surface area contributed by atoms with Crippen LogP contribution >= 0.6 is 0 Å². The van der Waals surface area contributed by atoms with Crippen LogP contribution in [0.5, 0.6) is 0 Å². The molecular formula is C20H24N6O4S. The Labute approximate surface area is 179 Å². The molecule has 2 aliphatic rings. The van der Waals surface area contributed by atoms with Crippen molar-refractivity contribution in [2.45, 2.75) is 38.6 Å². The number of hydrogen-bond acceptors (Lipinski definition) is 8. The van der Waals surface area contributed by atoms with E-state index in [-0.39, 0.29) is 24.4 Å². The summed E-state index contributed by atoms with van der Waals surface area (Å²) in [6.07, 6.45) is 6.17. The zero-order chi connectivity index (χ0) is 21.4. The van der Waals surface area contributed by atoms with Gasteiger partial charge < -0.3 is 14.4 Å². The van der Waals surface area contributed by atoms with E-state index in [2.05, 4.69) is 25.0 Å². The Bertz CT molecular complexity index is 1210. The number of carbonyl (C=O) groups excluding carboxylic acids is 1. The fourth-order valence-electron chi connectivity index (χ4n) is 4.35. The highest BCUT2D eigenvalue weighted by Gasteiger charge is 2.30. The van der Waals surface area contributed by atoms with Crippen molar-refractivity contribution in [1.82, 2.24) is 24.4 Å². The van der Waals surface area contributed by atoms with E-state index in [1.165, 1.54) is 10.6 Å². The predicted octanol–water partition coefficient (Wildman–Crippen LogP) is 1.90. The van der Waals surface area contributed by atoms with Crippen LogP contribution in [0, 0.1) is 0 Å². The Morgan fingerprint density at radius 3 is 2.87 bits per heavy atom. The maximum absolute atomic E-state index is 12.8. The first-order chi connectivity index (χ1) is 15.0. The smallest absolute Gasteiger partial charge is 0.214 e. The molecule has 1 N–H and O–H groups in total. The summed E-state index contributed by atoms with van der Waals surface area (Å²) < 4.78 is 31.7. The van der Waals surface area contributed by atoms with Crippen molar-refractivity contribution in [1.29, 1.82) is 0 Å². The normalized spacial score (nSPS) is 17.4. The third kappa shape index (κ3) is 3.83. The summed E-state index contributed by atoms with van der Waals surface area (Å²) in [6, 6.07) is 1.93. The van der Waals surface area contributed by atoms with Gasteiger partial charge in [0, 0.05) is 44.2 Å². The molecule has 1 saturated heterocycles. The Kier molecular flexibility index (Phi) is 5.22. The largest absolute Gasteiger partial charge is 0.360 e. The van der Waals surface area contributed by atoms with Gasteiger partial charge in [-0.25, -0.2) is 22.7 Å². The van der Waals surface area contributed by atoms with Crippen molar-refractivity contribution in [2.24, 2.45) is 0 Å². The number of H-pyrrole nitrogens is 1. The molecule has 0 aromatic carbocycles. The quantitative estimate of drug-likeness (QED) is 0.548. The van der Waals surface area contributed by atoms with Gasteiger partial charge >= 0.3 is 0 Å². The van der Waals surface area contributed by atoms with Gasteiger partial charge in [-0.1, -0.05) is 5.16 Å². The Morgan fingerprint density at radius 1 is 1.19 bits per heavy atom. The van der Waals surface area contributed by atoms with Gasteiger partial charge in [0.25, 0.3) is 0 Å². The molecule has 0 spiro atoms. The average molecular weight is 445 g/mol. The first kappa shape index (κ1) is 20.1. The lowest BCUT2D eigenvalue weighted by Crippen LogP contribution is -2.31. The molecule has 0 saturated carbocycles. The number of carbonyl (C=O) groups is 1. The summed E-state index contributed by atoms with van der Waals surface area (Å²) in [5.74, 6) is 1.31. The number of anilines is 1. The van der Waals surface area contributed by atoms with Gasteiger partial charge in [-0.3, -0.25) is 4.79 Å². The Morgan fingerprint density at radius 2 is 2.03 bits per heavy atom. The van der Waals surface area contributed by atoms with Crippen LogP contribution in [-0.2, 0) is 23.0 Å². The number of nitrogens with one attached hydrogen (secondary N) is 1. The molecule has 2 aliphatic heterocycles. The lowest BCUT2D eigenvalue weighted by Gasteiger charge is -2.27. The van der Waals surface area contributed by atoms with Gasteiger partial charge in [-0.05, 0) is 25.3 Å². The van der Waals surface area contributed by atoms with Crippen molar-refractivity contribution in [3.05, 3.63) is 35.6 Å². The highest BCUT2D eigenvalue weighted by atomic mass is 32.2. The average Bonchev–Trinajstić information content (AvgIpc) is 3.53. The Hall–Kier alpha value is -2.79. The number of sulfonamides is 1. The maximum atomic E-state index is 12.8. The monoisotopic (exact) mass is 444 g/mol. The molecule has 0 amide bonds. The van der Waals surface area contributed by atoms with Gasteiger partial charge in [-0.2, -0.15) is 0 Å². The van der Waals surface area contributed by atoms with Crippen molar-refractivity contribution < 1.29 is 17.7 Å². The van der Waals surface area contributed by atoms with Crippen molar-refractivity contribution in [3.8, 4) is 0 Å². The van der Waals surface area contributed by atoms with Crippen LogP contribution in [0.15, 0.2) is 23.1 Å². The molecule has 5 heterocycles. The van der Waals surface area contributed by atoms with Gasteiger partial charge in [0.2, 0.25) is 10.0 Å². The number of ketones is 1. The van der Waals surface area contributed by atoms with E-state index in [1.807, 2.05) is 12.3 Å². The molecule has 3 aromatic heterocycles. The van der Waals surface area contributed by atoms with Crippen LogP contribution in [-0.4, -0.2) is 64.0 Å². The molecule has 3 aromatic rings. The number of Topliss-reactive ketones (excluding diaryl/α,β-unsaturated/α-hetero) is 1. The molecule has 5 rings (SSSR count). The van der Waals surface area contributed by atoms with E-state index in [4.69, 9.17) is 4.52 Å². The van der Waals surface area contributed by atoms with Crippen LogP contribution in [0.2, 0.25) is 0 Å². The van der Waals surface area contributed by atoms with Crippen LogP contribution in [0.25, 0.3) is 11.0 Å². The number of aromatic nitrogens is 4. The van der Waals surface area contributed by atoms with Gasteiger partial charge in [0.15, 0.2) is 11.5 Å². The first-order valence-electron chi connectivity index (χ1n) is 10.5. The number of nitrogens with zero attached hydrogens (tertiary/aromatic N) is 5. The van der Waals surface area contributed by atoms with Gasteiger partial charge in [0.1, 0.15) is 23.6 Å². The third-order valence-corrected chi connectivity index (χ3v) is 7.94. The molecular weight excluding hydrogens is 420 g/mol. The number of hydrogen-bond donors (Lipinski definition) is 1. The lowest BCUT2D eigenvalue weighted by molar-refractivity contribution is 0.0972. The minimum atomic E-state index is -3.29. The lowest BCUT2D eigenvalue weighted by atomic mass is 10.0. The first-order valence-corrected chi connectivity index (χ1v) is 12.2. The fourth-order valence-corrected chi connectivity index (χ4v) is 5.93. The molecule has 31 heavy (non-hydrogen) atoms.